The summed E-state index contributed by atoms with van der Waals surface area (Å²) >= 11 is 3.35. The van der Waals surface area contributed by atoms with E-state index in [1.165, 1.54) is 4.68 Å². The van der Waals surface area contributed by atoms with Gasteiger partial charge in [0.25, 0.3) is 0 Å². The fourth-order valence-electron chi connectivity index (χ4n) is 1.43. The van der Waals surface area contributed by atoms with Crippen molar-refractivity contribution in [3.63, 3.8) is 0 Å². The first-order valence-corrected chi connectivity index (χ1v) is 6.07. The molecule has 0 atom stereocenters. The summed E-state index contributed by atoms with van der Waals surface area (Å²) < 4.78 is 7.11. The molecule has 7 heteroatoms. The van der Waals surface area contributed by atoms with Gasteiger partial charge in [-0.05, 0) is 25.1 Å². The third-order valence-corrected chi connectivity index (χ3v) is 2.72. The van der Waals surface area contributed by atoms with Crippen LogP contribution in [0.25, 0.3) is 5.69 Å². The van der Waals surface area contributed by atoms with Crippen LogP contribution in [0.2, 0.25) is 0 Å². The van der Waals surface area contributed by atoms with E-state index in [0.717, 1.165) is 4.47 Å². The van der Waals surface area contributed by atoms with Gasteiger partial charge in [-0.2, -0.15) is 4.68 Å². The predicted octanol–water partition coefficient (Wildman–Crippen LogP) is 1.79. The summed E-state index contributed by atoms with van der Waals surface area (Å²) in [4.78, 5) is 11.5. The highest BCUT2D eigenvalue weighted by Crippen LogP contribution is 2.19. The number of halogens is 1. The van der Waals surface area contributed by atoms with Gasteiger partial charge in [0.05, 0.1) is 12.3 Å². The predicted molar refractivity (Wildman–Crippen MR) is 69.4 cm³/mol. The molecule has 2 aromatic rings. The number of carbonyl (C=O) groups excluding carboxylic acids is 1. The summed E-state index contributed by atoms with van der Waals surface area (Å²) in [6, 6.07) is 7.35. The number of carbonyl (C=O) groups is 1. The number of nitrogens with two attached hydrogens (primary N) is 1. The Morgan fingerprint density at radius 2 is 2.33 bits per heavy atom. The Morgan fingerprint density at radius 3 is 3.00 bits per heavy atom. The van der Waals surface area contributed by atoms with Crippen LogP contribution in [0, 0.1) is 0 Å². The van der Waals surface area contributed by atoms with Gasteiger partial charge in [0, 0.05) is 4.47 Å². The fraction of sp³-hybridized carbons (Fsp3) is 0.182. The maximum Gasteiger partial charge on any atom is 0.362 e. The Morgan fingerprint density at radius 1 is 1.56 bits per heavy atom. The monoisotopic (exact) mass is 310 g/mol. The minimum atomic E-state index is -0.573. The van der Waals surface area contributed by atoms with E-state index in [0.29, 0.717) is 5.69 Å². The van der Waals surface area contributed by atoms with Crippen LogP contribution in [0.15, 0.2) is 28.7 Å². The van der Waals surface area contributed by atoms with E-state index in [1.807, 2.05) is 24.3 Å². The van der Waals surface area contributed by atoms with Crippen LogP contribution in [0.4, 0.5) is 5.82 Å². The summed E-state index contributed by atoms with van der Waals surface area (Å²) in [5.74, 6) is -0.414. The third kappa shape index (κ3) is 2.35. The van der Waals surface area contributed by atoms with Crippen LogP contribution in [-0.2, 0) is 4.74 Å². The van der Waals surface area contributed by atoms with Crippen LogP contribution in [-0.4, -0.2) is 27.6 Å². The highest BCUT2D eigenvalue weighted by molar-refractivity contribution is 9.10. The van der Waals surface area contributed by atoms with Crippen molar-refractivity contribution in [2.45, 2.75) is 6.92 Å². The van der Waals surface area contributed by atoms with Gasteiger partial charge in [-0.3, -0.25) is 0 Å². The quantitative estimate of drug-likeness (QED) is 0.874. The number of esters is 1. The normalized spacial score (nSPS) is 10.3. The van der Waals surface area contributed by atoms with Crippen molar-refractivity contribution in [1.82, 2.24) is 15.0 Å². The molecular weight excluding hydrogens is 300 g/mol. The van der Waals surface area contributed by atoms with E-state index in [4.69, 9.17) is 10.5 Å². The van der Waals surface area contributed by atoms with Gasteiger partial charge in [0.15, 0.2) is 5.82 Å². The number of anilines is 1. The SMILES string of the molecule is CCOC(=O)c1nnn(-c2cccc(Br)c2)c1N. The summed E-state index contributed by atoms with van der Waals surface area (Å²) in [6.45, 7) is 1.98. The molecule has 0 fully saturated rings. The van der Waals surface area contributed by atoms with Gasteiger partial charge in [-0.15, -0.1) is 5.10 Å². The van der Waals surface area contributed by atoms with Crippen molar-refractivity contribution < 1.29 is 9.53 Å². The van der Waals surface area contributed by atoms with Crippen molar-refractivity contribution in [1.29, 1.82) is 0 Å². The molecule has 18 heavy (non-hydrogen) atoms. The van der Waals surface area contributed by atoms with Gasteiger partial charge in [0.2, 0.25) is 5.69 Å². The van der Waals surface area contributed by atoms with Crippen LogP contribution in [0.1, 0.15) is 17.4 Å². The molecule has 0 spiro atoms. The molecule has 1 aromatic carbocycles. The average Bonchev–Trinajstić information content (AvgIpc) is 2.71. The zero-order valence-corrected chi connectivity index (χ0v) is 11.2. The number of ether oxygens (including phenoxy) is 1. The lowest BCUT2D eigenvalue weighted by molar-refractivity contribution is 0.0520. The fourth-order valence-corrected chi connectivity index (χ4v) is 1.82. The van der Waals surface area contributed by atoms with Crippen LogP contribution in [0.5, 0.6) is 0 Å². The smallest absolute Gasteiger partial charge is 0.362 e. The Balaban J connectivity index is 2.39. The second-order valence-electron chi connectivity index (χ2n) is 3.44. The van der Waals surface area contributed by atoms with Crippen molar-refractivity contribution in [2.24, 2.45) is 0 Å². The Bertz CT molecular complexity index is 582. The zero-order valence-electron chi connectivity index (χ0n) is 9.63. The van der Waals surface area contributed by atoms with Crippen LogP contribution < -0.4 is 5.73 Å². The summed E-state index contributed by atoms with van der Waals surface area (Å²) in [5, 5.41) is 7.59. The number of nitrogen functional groups attached to an aromatic ring is 1. The van der Waals surface area contributed by atoms with E-state index >= 15 is 0 Å². The third-order valence-electron chi connectivity index (χ3n) is 2.23. The van der Waals surface area contributed by atoms with E-state index in [2.05, 4.69) is 26.2 Å². The second kappa shape index (κ2) is 5.18. The van der Waals surface area contributed by atoms with E-state index in [9.17, 15) is 4.79 Å². The molecule has 0 saturated heterocycles. The van der Waals surface area contributed by atoms with Gasteiger partial charge >= 0.3 is 5.97 Å². The summed E-state index contributed by atoms with van der Waals surface area (Å²) in [7, 11) is 0. The number of nitrogens with zero attached hydrogens (tertiary/aromatic N) is 3. The molecule has 1 aromatic heterocycles. The Hall–Kier alpha value is -1.89. The lowest BCUT2D eigenvalue weighted by Gasteiger charge is -2.03. The topological polar surface area (TPSA) is 83.0 Å². The van der Waals surface area contributed by atoms with E-state index < -0.39 is 5.97 Å². The summed E-state index contributed by atoms with van der Waals surface area (Å²) in [6.07, 6.45) is 0. The maximum absolute atomic E-state index is 11.5. The molecule has 0 saturated carbocycles. The van der Waals surface area contributed by atoms with Crippen molar-refractivity contribution in [3.8, 4) is 5.69 Å². The van der Waals surface area contributed by atoms with Gasteiger partial charge in [0.1, 0.15) is 0 Å². The van der Waals surface area contributed by atoms with E-state index in [1.54, 1.807) is 6.92 Å². The lowest BCUT2D eigenvalue weighted by Crippen LogP contribution is -2.09. The molecule has 0 radical (unpaired) electrons. The van der Waals surface area contributed by atoms with E-state index in [-0.39, 0.29) is 18.1 Å². The molecule has 2 N–H and O–H groups in total. The van der Waals surface area contributed by atoms with Crippen molar-refractivity contribution in [3.05, 3.63) is 34.4 Å². The standard InChI is InChI=1S/C11H11BrN4O2/c1-2-18-11(17)9-10(13)16(15-14-9)8-5-3-4-7(12)6-8/h3-6H,2,13H2,1H3. The lowest BCUT2D eigenvalue weighted by atomic mass is 10.3. The first-order chi connectivity index (χ1) is 8.63. The number of benzene rings is 1. The Kier molecular flexibility index (Phi) is 3.61. The second-order valence-corrected chi connectivity index (χ2v) is 4.35. The number of hydrogen-bond acceptors (Lipinski definition) is 5. The number of rotatable bonds is 3. The molecular formula is C11H11BrN4O2. The molecule has 0 amide bonds. The highest BCUT2D eigenvalue weighted by atomic mass is 79.9. The number of hydrogen-bond donors (Lipinski definition) is 1. The molecule has 6 nitrogen and oxygen atoms in total. The molecule has 1 heterocycles. The minimum Gasteiger partial charge on any atom is -0.461 e. The molecule has 0 unspecified atom stereocenters. The van der Waals surface area contributed by atoms with Crippen LogP contribution in [0.3, 0.4) is 0 Å². The van der Waals surface area contributed by atoms with Gasteiger partial charge in [-0.25, -0.2) is 4.79 Å². The Labute approximate surface area is 112 Å². The average molecular weight is 311 g/mol. The molecule has 2 rings (SSSR count). The molecule has 94 valence electrons. The highest BCUT2D eigenvalue weighted by Gasteiger charge is 2.19. The molecule has 0 bridgehead atoms. The van der Waals surface area contributed by atoms with Gasteiger partial charge in [-0.1, -0.05) is 27.2 Å². The first-order valence-electron chi connectivity index (χ1n) is 5.27. The number of aromatic nitrogens is 3. The zero-order chi connectivity index (χ0) is 13.1. The molecule has 0 aliphatic heterocycles. The maximum atomic E-state index is 11.5. The van der Waals surface area contributed by atoms with Gasteiger partial charge < -0.3 is 10.5 Å². The molecule has 0 aliphatic rings. The van der Waals surface area contributed by atoms with Crippen molar-refractivity contribution >= 4 is 27.7 Å². The summed E-state index contributed by atoms with van der Waals surface area (Å²) in [5.41, 5.74) is 6.58. The van der Waals surface area contributed by atoms with Crippen molar-refractivity contribution in [2.75, 3.05) is 12.3 Å². The largest absolute Gasteiger partial charge is 0.461 e. The minimum absolute atomic E-state index is 0.0248. The first kappa shape index (κ1) is 12.6. The molecule has 0 aliphatic carbocycles. The van der Waals surface area contributed by atoms with Crippen LogP contribution >= 0.6 is 15.9 Å².